The molecule has 1 fully saturated rings. The third kappa shape index (κ3) is 4.53. The van der Waals surface area contributed by atoms with Gasteiger partial charge in [-0.25, -0.2) is 4.98 Å². The van der Waals surface area contributed by atoms with Crippen molar-refractivity contribution in [2.24, 2.45) is 5.92 Å². The summed E-state index contributed by atoms with van der Waals surface area (Å²) in [6, 6.07) is 18.3. The van der Waals surface area contributed by atoms with Gasteiger partial charge in [-0.3, -0.25) is 9.20 Å². The first-order chi connectivity index (χ1) is 15.2. The Hall–Kier alpha value is -2.63. The zero-order valence-corrected chi connectivity index (χ0v) is 18.8. The Labute approximate surface area is 191 Å². The van der Waals surface area contributed by atoms with Crippen molar-refractivity contribution in [1.29, 1.82) is 0 Å². The van der Waals surface area contributed by atoms with Crippen LogP contribution in [0.3, 0.4) is 0 Å². The topological polar surface area (TPSA) is 37.6 Å². The molecule has 2 aromatic carbocycles. The molecule has 1 saturated heterocycles. The fourth-order valence-electron chi connectivity index (χ4n) is 4.32. The van der Waals surface area contributed by atoms with E-state index < -0.39 is 0 Å². The third-order valence-corrected chi connectivity index (χ3v) is 7.23. The molecule has 0 saturated carbocycles. The largest absolute Gasteiger partial charge is 0.342 e. The lowest BCUT2D eigenvalue weighted by atomic mass is 9.90. The molecule has 0 atom stereocenters. The quantitative estimate of drug-likeness (QED) is 0.389. The molecule has 1 amide bonds. The Morgan fingerprint density at radius 1 is 1.06 bits per heavy atom. The van der Waals surface area contributed by atoms with Gasteiger partial charge in [0.05, 0.1) is 12.1 Å². The van der Waals surface area contributed by atoms with Crippen molar-refractivity contribution in [3.63, 3.8) is 0 Å². The molecule has 0 N–H and O–H groups in total. The van der Waals surface area contributed by atoms with Crippen LogP contribution in [-0.2, 0) is 17.6 Å². The first-order valence-corrected chi connectivity index (χ1v) is 11.9. The molecule has 5 rings (SSSR count). The molecule has 0 radical (unpaired) electrons. The molecule has 1 aliphatic heterocycles. The number of fused-ring (bicyclic) bond motifs is 1. The highest BCUT2D eigenvalue weighted by molar-refractivity contribution is 7.15. The van der Waals surface area contributed by atoms with Gasteiger partial charge in [-0.2, -0.15) is 0 Å². The fourth-order valence-corrected chi connectivity index (χ4v) is 5.32. The summed E-state index contributed by atoms with van der Waals surface area (Å²) in [6.07, 6.45) is 5.69. The first kappa shape index (κ1) is 20.3. The maximum Gasteiger partial charge on any atom is 0.228 e. The summed E-state index contributed by atoms with van der Waals surface area (Å²) >= 11 is 7.57. The van der Waals surface area contributed by atoms with E-state index in [1.807, 2.05) is 40.7 Å². The molecule has 4 nitrogen and oxygen atoms in total. The van der Waals surface area contributed by atoms with E-state index in [4.69, 9.17) is 16.6 Å². The number of piperidine rings is 1. The Bertz CT molecular complexity index is 1170. The molecular formula is C25H24ClN3OS. The number of thiazole rings is 1. The molecule has 0 aliphatic carbocycles. The number of imidazole rings is 1. The number of carbonyl (C=O) groups excluding carboxylic acids is 1. The van der Waals surface area contributed by atoms with Gasteiger partial charge in [-0.1, -0.05) is 54.1 Å². The fraction of sp³-hybridized carbons (Fsp3) is 0.280. The molecule has 3 heterocycles. The van der Waals surface area contributed by atoms with Crippen molar-refractivity contribution < 1.29 is 4.79 Å². The van der Waals surface area contributed by atoms with Crippen LogP contribution >= 0.6 is 22.9 Å². The second-order valence-corrected chi connectivity index (χ2v) is 9.48. The molecule has 1 aliphatic rings. The average Bonchev–Trinajstić information content (AvgIpc) is 3.37. The lowest BCUT2D eigenvalue weighted by molar-refractivity contribution is -0.131. The van der Waals surface area contributed by atoms with Crippen molar-refractivity contribution in [2.75, 3.05) is 13.1 Å². The number of benzene rings is 2. The normalized spacial score (nSPS) is 14.9. The number of nitrogens with zero attached hydrogens (tertiary/aromatic N) is 3. The van der Waals surface area contributed by atoms with E-state index in [1.165, 1.54) is 5.56 Å². The van der Waals surface area contributed by atoms with E-state index in [9.17, 15) is 4.79 Å². The van der Waals surface area contributed by atoms with Gasteiger partial charge >= 0.3 is 0 Å². The van der Waals surface area contributed by atoms with Crippen LogP contribution in [0, 0.1) is 5.92 Å². The molecule has 0 spiro atoms. The molecule has 0 bridgehead atoms. The Morgan fingerprint density at radius 3 is 2.55 bits per heavy atom. The van der Waals surface area contributed by atoms with Crippen molar-refractivity contribution in [3.05, 3.63) is 82.5 Å². The van der Waals surface area contributed by atoms with Gasteiger partial charge in [-0.15, -0.1) is 11.3 Å². The van der Waals surface area contributed by atoms with Gasteiger partial charge in [0.1, 0.15) is 0 Å². The highest BCUT2D eigenvalue weighted by atomic mass is 35.5. The number of aromatic nitrogens is 2. The smallest absolute Gasteiger partial charge is 0.228 e. The Morgan fingerprint density at radius 2 is 1.81 bits per heavy atom. The number of rotatable bonds is 5. The van der Waals surface area contributed by atoms with Crippen molar-refractivity contribution in [3.8, 4) is 11.3 Å². The lowest BCUT2D eigenvalue weighted by Crippen LogP contribution is -2.39. The summed E-state index contributed by atoms with van der Waals surface area (Å²) in [7, 11) is 0. The van der Waals surface area contributed by atoms with Crippen LogP contribution in [0.2, 0.25) is 5.02 Å². The van der Waals surface area contributed by atoms with Crippen LogP contribution in [0.15, 0.2) is 66.2 Å². The monoisotopic (exact) mass is 449 g/mol. The summed E-state index contributed by atoms with van der Waals surface area (Å²) in [4.78, 5) is 20.6. The van der Waals surface area contributed by atoms with E-state index in [0.29, 0.717) is 17.4 Å². The van der Waals surface area contributed by atoms with Gasteiger partial charge in [0.15, 0.2) is 4.96 Å². The lowest BCUT2D eigenvalue weighted by Gasteiger charge is -2.32. The highest BCUT2D eigenvalue weighted by Crippen LogP contribution is 2.26. The molecular weight excluding hydrogens is 426 g/mol. The molecule has 2 aromatic heterocycles. The van der Waals surface area contributed by atoms with Crippen LogP contribution in [-0.4, -0.2) is 33.3 Å². The molecule has 31 heavy (non-hydrogen) atoms. The standard InChI is InChI=1S/C25H24ClN3OS/c26-21-8-6-20(7-9-21)23-16-29-22(17-31-25(29)27-23)15-24(30)28-12-10-19(11-13-28)14-18-4-2-1-3-5-18/h1-9,16-17,19H,10-15H2. The summed E-state index contributed by atoms with van der Waals surface area (Å²) in [6.45, 7) is 1.70. The van der Waals surface area contributed by atoms with Gasteiger partial charge in [0.25, 0.3) is 0 Å². The molecule has 158 valence electrons. The zero-order valence-electron chi connectivity index (χ0n) is 17.2. The maximum atomic E-state index is 13.0. The van der Waals surface area contributed by atoms with E-state index in [-0.39, 0.29) is 5.91 Å². The van der Waals surface area contributed by atoms with E-state index in [1.54, 1.807) is 11.3 Å². The van der Waals surface area contributed by atoms with Crippen molar-refractivity contribution in [2.45, 2.75) is 25.7 Å². The van der Waals surface area contributed by atoms with Crippen LogP contribution in [0.25, 0.3) is 16.2 Å². The second kappa shape index (κ2) is 8.85. The molecule has 4 aromatic rings. The van der Waals surface area contributed by atoms with Crippen LogP contribution in [0.5, 0.6) is 0 Å². The van der Waals surface area contributed by atoms with Crippen LogP contribution < -0.4 is 0 Å². The zero-order chi connectivity index (χ0) is 21.2. The molecule has 6 heteroatoms. The highest BCUT2D eigenvalue weighted by Gasteiger charge is 2.24. The number of hydrogen-bond donors (Lipinski definition) is 0. The number of carbonyl (C=O) groups is 1. The second-order valence-electron chi connectivity index (χ2n) is 8.20. The minimum Gasteiger partial charge on any atom is -0.342 e. The predicted molar refractivity (Wildman–Crippen MR) is 127 cm³/mol. The average molecular weight is 450 g/mol. The number of amides is 1. The first-order valence-electron chi connectivity index (χ1n) is 10.7. The predicted octanol–water partition coefficient (Wildman–Crippen LogP) is 5.74. The van der Waals surface area contributed by atoms with Crippen LogP contribution in [0.4, 0.5) is 0 Å². The third-order valence-electron chi connectivity index (χ3n) is 6.09. The summed E-state index contributed by atoms with van der Waals surface area (Å²) in [5, 5.41) is 2.76. The van der Waals surface area contributed by atoms with Crippen molar-refractivity contribution >= 4 is 33.8 Å². The van der Waals surface area contributed by atoms with Crippen molar-refractivity contribution in [1.82, 2.24) is 14.3 Å². The minimum absolute atomic E-state index is 0.208. The molecule has 0 unspecified atom stereocenters. The number of likely N-dealkylation sites (tertiary alicyclic amines) is 1. The summed E-state index contributed by atoms with van der Waals surface area (Å²) < 4.78 is 2.05. The number of hydrogen-bond acceptors (Lipinski definition) is 3. The SMILES string of the molecule is O=C(Cc1csc2nc(-c3ccc(Cl)cc3)cn12)N1CCC(Cc2ccccc2)CC1. The van der Waals surface area contributed by atoms with Gasteiger partial charge < -0.3 is 4.90 Å². The Kier molecular flexibility index (Phi) is 5.79. The van der Waals surface area contributed by atoms with E-state index in [2.05, 4.69) is 34.7 Å². The van der Waals surface area contributed by atoms with Gasteiger partial charge in [0, 0.05) is 40.9 Å². The maximum absolute atomic E-state index is 13.0. The minimum atomic E-state index is 0.208. The van der Waals surface area contributed by atoms with Gasteiger partial charge in [-0.05, 0) is 42.9 Å². The Balaban J connectivity index is 1.22. The summed E-state index contributed by atoms with van der Waals surface area (Å²) in [5.41, 5.74) is 4.32. The summed E-state index contributed by atoms with van der Waals surface area (Å²) in [5.74, 6) is 0.870. The van der Waals surface area contributed by atoms with E-state index >= 15 is 0 Å². The van der Waals surface area contributed by atoms with Crippen LogP contribution in [0.1, 0.15) is 24.1 Å². The van der Waals surface area contributed by atoms with E-state index in [0.717, 1.165) is 54.3 Å². The van der Waals surface area contributed by atoms with Gasteiger partial charge in [0.2, 0.25) is 5.91 Å². The number of halogens is 1.